The minimum absolute atomic E-state index is 0.0417. The molecule has 0 fully saturated rings. The largest absolute Gasteiger partial charge is 0.350 e. The lowest BCUT2D eigenvalue weighted by Crippen LogP contribution is -2.40. The number of hydrogen-bond donors (Lipinski definition) is 1. The van der Waals surface area contributed by atoms with E-state index in [2.05, 4.69) is 5.32 Å². The Morgan fingerprint density at radius 3 is 2.10 bits per heavy atom. The van der Waals surface area contributed by atoms with Crippen molar-refractivity contribution < 1.29 is 13.2 Å². The molecule has 1 N–H and O–H groups in total. The van der Waals surface area contributed by atoms with Crippen LogP contribution in [0, 0.1) is 0 Å². The fourth-order valence-electron chi connectivity index (χ4n) is 2.74. The summed E-state index contributed by atoms with van der Waals surface area (Å²) in [5.41, 5.74) is 0.903. The first kappa shape index (κ1) is 22.4. The van der Waals surface area contributed by atoms with Crippen LogP contribution in [0.15, 0.2) is 77.7 Å². The van der Waals surface area contributed by atoms with Crippen molar-refractivity contribution >= 4 is 56.4 Å². The molecule has 3 aromatic rings. The van der Waals surface area contributed by atoms with Crippen molar-refractivity contribution in [3.05, 3.63) is 93.4 Å². The molecule has 0 aliphatic carbocycles. The van der Waals surface area contributed by atoms with Gasteiger partial charge in [0.05, 0.1) is 10.6 Å². The highest BCUT2D eigenvalue weighted by Gasteiger charge is 2.27. The van der Waals surface area contributed by atoms with Gasteiger partial charge in [-0.25, -0.2) is 8.42 Å². The molecule has 30 heavy (non-hydrogen) atoms. The molecule has 0 bridgehead atoms. The molecule has 0 radical (unpaired) electrons. The number of carbonyl (C=O) groups excluding carboxylic acids is 1. The lowest BCUT2D eigenvalue weighted by molar-refractivity contribution is -0.119. The number of carbonyl (C=O) groups is 1. The zero-order valence-corrected chi connectivity index (χ0v) is 18.6. The average molecular weight is 484 g/mol. The van der Waals surface area contributed by atoms with Gasteiger partial charge in [0, 0.05) is 21.6 Å². The van der Waals surface area contributed by atoms with Gasteiger partial charge in [0.15, 0.2) is 0 Å². The van der Waals surface area contributed by atoms with Gasteiger partial charge >= 0.3 is 0 Å². The summed E-state index contributed by atoms with van der Waals surface area (Å²) in [5.74, 6) is -0.509. The van der Waals surface area contributed by atoms with E-state index in [0.717, 1.165) is 9.87 Å². The Kier molecular flexibility index (Phi) is 7.26. The third-order valence-electron chi connectivity index (χ3n) is 4.19. The number of hydrogen-bond acceptors (Lipinski definition) is 3. The van der Waals surface area contributed by atoms with E-state index in [1.54, 1.807) is 42.5 Å². The van der Waals surface area contributed by atoms with Crippen molar-refractivity contribution in [2.45, 2.75) is 11.4 Å². The molecule has 0 aliphatic rings. The predicted octanol–water partition coefficient (Wildman–Crippen LogP) is 5.16. The summed E-state index contributed by atoms with van der Waals surface area (Å²) in [7, 11) is -4.04. The first-order valence-corrected chi connectivity index (χ1v) is 11.4. The molecule has 9 heteroatoms. The Morgan fingerprint density at radius 1 is 0.867 bits per heavy atom. The van der Waals surface area contributed by atoms with Gasteiger partial charge in [-0.3, -0.25) is 9.10 Å². The number of rotatable bonds is 7. The molecule has 3 rings (SSSR count). The second-order valence-electron chi connectivity index (χ2n) is 6.32. The smallest absolute Gasteiger partial charge is 0.264 e. The Labute approximate surface area is 190 Å². The summed E-state index contributed by atoms with van der Waals surface area (Å²) in [4.78, 5) is 12.7. The van der Waals surface area contributed by atoms with Gasteiger partial charge in [0.1, 0.15) is 6.54 Å². The Morgan fingerprint density at radius 2 is 1.47 bits per heavy atom. The molecule has 156 valence electrons. The molecule has 0 heterocycles. The van der Waals surface area contributed by atoms with Crippen LogP contribution in [0.3, 0.4) is 0 Å². The minimum atomic E-state index is -4.04. The third-order valence-corrected chi connectivity index (χ3v) is 6.78. The molecule has 5 nitrogen and oxygen atoms in total. The quantitative estimate of drug-likeness (QED) is 0.505. The standard InChI is InChI=1S/C21H17Cl3N2O3S/c22-16-10-17(23)12-18(11-16)26(30(28,29)19-7-2-1-3-8-19)14-21(27)25-13-15-6-4-5-9-20(15)24/h1-12H,13-14H2,(H,25,27). The van der Waals surface area contributed by atoms with Gasteiger partial charge < -0.3 is 5.32 Å². The molecule has 0 atom stereocenters. The van der Waals surface area contributed by atoms with Gasteiger partial charge in [-0.1, -0.05) is 71.2 Å². The topological polar surface area (TPSA) is 66.5 Å². The van der Waals surface area contributed by atoms with Crippen LogP contribution in [0.25, 0.3) is 0 Å². The normalized spacial score (nSPS) is 11.2. The van der Waals surface area contributed by atoms with Crippen molar-refractivity contribution in [3.63, 3.8) is 0 Å². The number of benzene rings is 3. The van der Waals surface area contributed by atoms with Crippen molar-refractivity contribution in [2.75, 3.05) is 10.8 Å². The van der Waals surface area contributed by atoms with E-state index in [0.29, 0.717) is 5.02 Å². The summed E-state index contributed by atoms with van der Waals surface area (Å²) < 4.78 is 27.5. The Bertz CT molecular complexity index is 1130. The van der Waals surface area contributed by atoms with Crippen LogP contribution >= 0.6 is 34.8 Å². The molecule has 0 aromatic heterocycles. The second kappa shape index (κ2) is 9.71. The SMILES string of the molecule is O=C(CN(c1cc(Cl)cc(Cl)c1)S(=O)(=O)c1ccccc1)NCc1ccccc1Cl. The first-order valence-electron chi connectivity index (χ1n) is 8.81. The van der Waals surface area contributed by atoms with Gasteiger partial charge in [0.25, 0.3) is 10.0 Å². The molecule has 0 saturated heterocycles. The molecule has 1 amide bonds. The number of nitrogens with one attached hydrogen (secondary N) is 1. The van der Waals surface area contributed by atoms with Crippen molar-refractivity contribution in [3.8, 4) is 0 Å². The summed E-state index contributed by atoms with van der Waals surface area (Å²) in [5, 5.41) is 3.71. The summed E-state index contributed by atoms with van der Waals surface area (Å²) in [6.07, 6.45) is 0. The van der Waals surface area contributed by atoms with Crippen LogP contribution in [0.2, 0.25) is 15.1 Å². The highest BCUT2D eigenvalue weighted by Crippen LogP contribution is 2.29. The van der Waals surface area contributed by atoms with E-state index >= 15 is 0 Å². The highest BCUT2D eigenvalue weighted by atomic mass is 35.5. The van der Waals surface area contributed by atoms with Crippen LogP contribution in [0.4, 0.5) is 5.69 Å². The molecular formula is C21H17Cl3N2O3S. The zero-order chi connectivity index (χ0) is 21.7. The highest BCUT2D eigenvalue weighted by molar-refractivity contribution is 7.92. The summed E-state index contributed by atoms with van der Waals surface area (Å²) in [6.45, 7) is -0.299. The van der Waals surface area contributed by atoms with Gasteiger partial charge in [-0.15, -0.1) is 0 Å². The molecule has 0 aliphatic heterocycles. The van der Waals surface area contributed by atoms with Gasteiger partial charge in [0.2, 0.25) is 5.91 Å². The van der Waals surface area contributed by atoms with E-state index < -0.39 is 22.5 Å². The third kappa shape index (κ3) is 5.46. The summed E-state index contributed by atoms with van der Waals surface area (Å²) in [6, 6.07) is 19.3. The lowest BCUT2D eigenvalue weighted by atomic mass is 10.2. The number of anilines is 1. The monoisotopic (exact) mass is 482 g/mol. The van der Waals surface area contributed by atoms with Crippen molar-refractivity contribution in [1.29, 1.82) is 0 Å². The Hall–Kier alpha value is -2.25. The Balaban J connectivity index is 1.90. The fraction of sp³-hybridized carbons (Fsp3) is 0.0952. The van der Waals surface area contributed by atoms with Crippen molar-refractivity contribution in [1.82, 2.24) is 5.32 Å². The van der Waals surface area contributed by atoms with Gasteiger partial charge in [-0.05, 0) is 42.0 Å². The van der Waals surface area contributed by atoms with E-state index in [-0.39, 0.29) is 27.2 Å². The van der Waals surface area contributed by atoms with E-state index in [1.165, 1.54) is 30.3 Å². The van der Waals surface area contributed by atoms with Crippen molar-refractivity contribution in [2.24, 2.45) is 0 Å². The average Bonchev–Trinajstić information content (AvgIpc) is 2.71. The zero-order valence-electron chi connectivity index (χ0n) is 15.6. The van der Waals surface area contributed by atoms with E-state index in [4.69, 9.17) is 34.8 Å². The molecule has 0 saturated carbocycles. The number of amides is 1. The van der Waals surface area contributed by atoms with Crippen LogP contribution in [0.1, 0.15) is 5.56 Å². The maximum atomic E-state index is 13.3. The molecule has 0 spiro atoms. The number of halogens is 3. The predicted molar refractivity (Wildman–Crippen MR) is 121 cm³/mol. The van der Waals surface area contributed by atoms with Crippen LogP contribution in [-0.4, -0.2) is 20.9 Å². The number of sulfonamides is 1. The maximum Gasteiger partial charge on any atom is 0.264 e. The fourth-order valence-corrected chi connectivity index (χ4v) is 4.88. The minimum Gasteiger partial charge on any atom is -0.350 e. The first-order chi connectivity index (χ1) is 14.3. The molecule has 0 unspecified atom stereocenters. The lowest BCUT2D eigenvalue weighted by Gasteiger charge is -2.24. The van der Waals surface area contributed by atoms with E-state index in [1.807, 2.05) is 0 Å². The van der Waals surface area contributed by atoms with Gasteiger partial charge in [-0.2, -0.15) is 0 Å². The van der Waals surface area contributed by atoms with Crippen LogP contribution in [-0.2, 0) is 21.4 Å². The maximum absolute atomic E-state index is 13.3. The van der Waals surface area contributed by atoms with Crippen LogP contribution in [0.5, 0.6) is 0 Å². The number of nitrogens with zero attached hydrogens (tertiary/aromatic N) is 1. The second-order valence-corrected chi connectivity index (χ2v) is 9.46. The molecule has 3 aromatic carbocycles. The van der Waals surface area contributed by atoms with E-state index in [9.17, 15) is 13.2 Å². The summed E-state index contributed by atoms with van der Waals surface area (Å²) >= 11 is 18.2. The molecular weight excluding hydrogens is 467 g/mol. The van der Waals surface area contributed by atoms with Crippen LogP contribution < -0.4 is 9.62 Å².